The SMILES string of the molecule is CC(=O)Nc1cccc(C(=O)N/N=C\c2cn(Cc3ccc(Cl)cc3Cl)c3ccccc23)c1. The van der Waals surface area contributed by atoms with Crippen molar-refractivity contribution in [2.24, 2.45) is 5.10 Å². The number of amides is 2. The molecule has 0 aliphatic carbocycles. The van der Waals surface area contributed by atoms with E-state index in [1.165, 1.54) is 6.92 Å². The summed E-state index contributed by atoms with van der Waals surface area (Å²) in [6, 6.07) is 20.0. The van der Waals surface area contributed by atoms with Crippen LogP contribution >= 0.6 is 23.2 Å². The average Bonchev–Trinajstić information content (AvgIpc) is 3.13. The highest BCUT2D eigenvalue weighted by molar-refractivity contribution is 6.35. The number of hydrogen-bond donors (Lipinski definition) is 2. The van der Waals surface area contributed by atoms with Crippen molar-refractivity contribution in [3.8, 4) is 0 Å². The van der Waals surface area contributed by atoms with E-state index >= 15 is 0 Å². The second kappa shape index (κ2) is 9.90. The van der Waals surface area contributed by atoms with Crippen LogP contribution in [0.4, 0.5) is 5.69 Å². The molecule has 2 amide bonds. The molecule has 0 fully saturated rings. The molecule has 33 heavy (non-hydrogen) atoms. The molecule has 0 radical (unpaired) electrons. The predicted molar refractivity (Wildman–Crippen MR) is 133 cm³/mol. The lowest BCUT2D eigenvalue weighted by Crippen LogP contribution is -2.18. The number of benzene rings is 3. The zero-order chi connectivity index (χ0) is 23.4. The normalized spacial score (nSPS) is 11.1. The van der Waals surface area contributed by atoms with E-state index < -0.39 is 0 Å². The highest BCUT2D eigenvalue weighted by Crippen LogP contribution is 2.25. The summed E-state index contributed by atoms with van der Waals surface area (Å²) in [6.07, 6.45) is 3.57. The molecule has 0 unspecified atom stereocenters. The van der Waals surface area contributed by atoms with Crippen LogP contribution in [0.5, 0.6) is 0 Å². The maximum Gasteiger partial charge on any atom is 0.271 e. The van der Waals surface area contributed by atoms with E-state index in [9.17, 15) is 9.59 Å². The molecular formula is C25H20Cl2N4O2. The largest absolute Gasteiger partial charge is 0.342 e. The van der Waals surface area contributed by atoms with Crippen LogP contribution in [0.15, 0.2) is 78.0 Å². The fraction of sp³-hybridized carbons (Fsp3) is 0.0800. The third kappa shape index (κ3) is 5.42. The molecule has 0 aliphatic heterocycles. The van der Waals surface area contributed by atoms with Crippen molar-refractivity contribution in [1.82, 2.24) is 9.99 Å². The molecule has 1 heterocycles. The number of carbonyl (C=O) groups is 2. The summed E-state index contributed by atoms with van der Waals surface area (Å²) >= 11 is 12.4. The smallest absolute Gasteiger partial charge is 0.271 e. The van der Waals surface area contributed by atoms with Gasteiger partial charge in [-0.25, -0.2) is 5.43 Å². The first-order valence-electron chi connectivity index (χ1n) is 10.1. The second-order valence-electron chi connectivity index (χ2n) is 7.43. The summed E-state index contributed by atoms with van der Waals surface area (Å²) in [6.45, 7) is 1.97. The Morgan fingerprint density at radius 2 is 1.85 bits per heavy atom. The third-order valence-electron chi connectivity index (χ3n) is 4.99. The highest BCUT2D eigenvalue weighted by atomic mass is 35.5. The summed E-state index contributed by atoms with van der Waals surface area (Å²) in [4.78, 5) is 23.7. The van der Waals surface area contributed by atoms with Gasteiger partial charge in [-0.3, -0.25) is 9.59 Å². The fourth-order valence-electron chi connectivity index (χ4n) is 3.51. The van der Waals surface area contributed by atoms with Gasteiger partial charge >= 0.3 is 0 Å². The molecule has 0 atom stereocenters. The van der Waals surface area contributed by atoms with Crippen molar-refractivity contribution < 1.29 is 9.59 Å². The van der Waals surface area contributed by atoms with Crippen molar-refractivity contribution in [3.05, 3.63) is 99.7 Å². The summed E-state index contributed by atoms with van der Waals surface area (Å²) in [5.41, 5.74) is 6.28. The number of fused-ring (bicyclic) bond motifs is 1. The Labute approximate surface area is 200 Å². The Hall–Kier alpha value is -3.61. The third-order valence-corrected chi connectivity index (χ3v) is 5.58. The van der Waals surface area contributed by atoms with Crippen LogP contribution in [0, 0.1) is 0 Å². The van der Waals surface area contributed by atoms with Crippen LogP contribution in [0.1, 0.15) is 28.4 Å². The Morgan fingerprint density at radius 1 is 1.03 bits per heavy atom. The summed E-state index contributed by atoms with van der Waals surface area (Å²) in [5, 5.41) is 8.98. The Kier molecular flexibility index (Phi) is 6.77. The van der Waals surface area contributed by atoms with E-state index in [1.54, 1.807) is 36.5 Å². The van der Waals surface area contributed by atoms with Crippen LogP contribution in [0.25, 0.3) is 10.9 Å². The number of carbonyl (C=O) groups excluding carboxylic acids is 2. The molecule has 2 N–H and O–H groups in total. The molecule has 6 nitrogen and oxygen atoms in total. The zero-order valence-corrected chi connectivity index (χ0v) is 19.2. The van der Waals surface area contributed by atoms with Gasteiger partial charge in [0.2, 0.25) is 5.91 Å². The van der Waals surface area contributed by atoms with E-state index in [0.29, 0.717) is 27.8 Å². The number of hydrazone groups is 1. The quantitative estimate of drug-likeness (QED) is 0.274. The molecule has 0 saturated carbocycles. The molecule has 4 rings (SSSR count). The summed E-state index contributed by atoms with van der Waals surface area (Å²) < 4.78 is 2.07. The van der Waals surface area contributed by atoms with Gasteiger partial charge in [-0.05, 0) is 42.0 Å². The number of halogens is 2. The van der Waals surface area contributed by atoms with Gasteiger partial charge in [0, 0.05) is 57.4 Å². The molecule has 3 aromatic carbocycles. The van der Waals surface area contributed by atoms with Crippen LogP contribution in [0.2, 0.25) is 10.0 Å². The number of anilines is 1. The first kappa shape index (κ1) is 22.6. The topological polar surface area (TPSA) is 75.5 Å². The number of nitrogens with zero attached hydrogens (tertiary/aromatic N) is 2. The van der Waals surface area contributed by atoms with E-state index in [-0.39, 0.29) is 11.8 Å². The summed E-state index contributed by atoms with van der Waals surface area (Å²) in [5.74, 6) is -0.586. The second-order valence-corrected chi connectivity index (χ2v) is 8.27. The first-order chi connectivity index (χ1) is 15.9. The van der Waals surface area contributed by atoms with Gasteiger partial charge < -0.3 is 9.88 Å². The van der Waals surface area contributed by atoms with Gasteiger partial charge in [0.05, 0.1) is 6.21 Å². The van der Waals surface area contributed by atoms with Crippen LogP contribution in [-0.2, 0) is 11.3 Å². The minimum absolute atomic E-state index is 0.207. The molecule has 0 saturated heterocycles. The molecule has 0 bridgehead atoms. The zero-order valence-electron chi connectivity index (χ0n) is 17.7. The number of rotatable bonds is 6. The molecule has 1 aromatic heterocycles. The van der Waals surface area contributed by atoms with Crippen LogP contribution in [-0.4, -0.2) is 22.6 Å². The number of para-hydroxylation sites is 1. The lowest BCUT2D eigenvalue weighted by molar-refractivity contribution is -0.114. The summed E-state index contributed by atoms with van der Waals surface area (Å²) in [7, 11) is 0. The minimum Gasteiger partial charge on any atom is -0.342 e. The van der Waals surface area contributed by atoms with E-state index in [0.717, 1.165) is 22.0 Å². The van der Waals surface area contributed by atoms with Crippen molar-refractivity contribution in [2.45, 2.75) is 13.5 Å². The number of nitrogens with one attached hydrogen (secondary N) is 2. The Bertz CT molecular complexity index is 1380. The van der Waals surface area contributed by atoms with Gasteiger partial charge in [-0.2, -0.15) is 5.10 Å². The lowest BCUT2D eigenvalue weighted by atomic mass is 10.2. The van der Waals surface area contributed by atoms with Gasteiger partial charge in [0.15, 0.2) is 0 Å². The van der Waals surface area contributed by atoms with E-state index in [4.69, 9.17) is 23.2 Å². The van der Waals surface area contributed by atoms with Gasteiger partial charge in [0.1, 0.15) is 0 Å². The van der Waals surface area contributed by atoms with Crippen LogP contribution in [0.3, 0.4) is 0 Å². The van der Waals surface area contributed by atoms with Crippen molar-refractivity contribution in [3.63, 3.8) is 0 Å². The standard InChI is InChI=1S/C25H20Cl2N4O2/c1-16(32)29-21-6-4-5-17(11-21)25(33)30-28-13-19-15-31(24-8-3-2-7-22(19)24)14-18-9-10-20(26)12-23(18)27/h2-13,15H,14H2,1H3,(H,29,32)(H,30,33)/b28-13-. The average molecular weight is 479 g/mol. The van der Waals surface area contributed by atoms with Crippen LogP contribution < -0.4 is 10.7 Å². The van der Waals surface area contributed by atoms with Crippen molar-refractivity contribution >= 4 is 57.8 Å². The predicted octanol–water partition coefficient (Wildman–Crippen LogP) is 5.72. The van der Waals surface area contributed by atoms with Crippen molar-refractivity contribution in [1.29, 1.82) is 0 Å². The first-order valence-corrected chi connectivity index (χ1v) is 10.9. The maximum absolute atomic E-state index is 12.5. The molecule has 0 spiro atoms. The Morgan fingerprint density at radius 3 is 2.64 bits per heavy atom. The highest BCUT2D eigenvalue weighted by Gasteiger charge is 2.10. The Balaban J connectivity index is 1.54. The number of hydrogen-bond acceptors (Lipinski definition) is 3. The van der Waals surface area contributed by atoms with Crippen molar-refractivity contribution in [2.75, 3.05) is 5.32 Å². The monoisotopic (exact) mass is 478 g/mol. The number of aromatic nitrogens is 1. The van der Waals surface area contributed by atoms with E-state index in [1.807, 2.05) is 42.6 Å². The van der Waals surface area contributed by atoms with Gasteiger partial charge in [0.25, 0.3) is 5.91 Å². The van der Waals surface area contributed by atoms with E-state index in [2.05, 4.69) is 20.4 Å². The van der Waals surface area contributed by atoms with Gasteiger partial charge in [-0.1, -0.05) is 53.5 Å². The molecule has 8 heteroatoms. The molecule has 0 aliphatic rings. The molecule has 4 aromatic rings. The minimum atomic E-state index is -0.380. The molecular weight excluding hydrogens is 459 g/mol. The molecule has 166 valence electrons. The lowest BCUT2D eigenvalue weighted by Gasteiger charge is -2.08. The fourth-order valence-corrected chi connectivity index (χ4v) is 3.98. The maximum atomic E-state index is 12.5. The van der Waals surface area contributed by atoms with Gasteiger partial charge in [-0.15, -0.1) is 0 Å².